The Morgan fingerprint density at radius 2 is 1.93 bits per heavy atom. The van der Waals surface area contributed by atoms with Gasteiger partial charge in [0.15, 0.2) is 0 Å². The summed E-state index contributed by atoms with van der Waals surface area (Å²) < 4.78 is 49.0. The summed E-state index contributed by atoms with van der Waals surface area (Å²) in [5.41, 5.74) is 0.165. The molecule has 82 valence electrons. The van der Waals surface area contributed by atoms with E-state index in [9.17, 15) is 17.6 Å². The highest BCUT2D eigenvalue weighted by Gasteiger charge is 2.32. The molecule has 0 atom stereocenters. The average molecular weight is 303 g/mol. The van der Waals surface area contributed by atoms with Crippen LogP contribution < -0.4 is 0 Å². The molecule has 1 rings (SSSR count). The van der Waals surface area contributed by atoms with Gasteiger partial charge >= 0.3 is 6.18 Å². The monoisotopic (exact) mass is 302 g/mol. The molecule has 0 N–H and O–H groups in total. The van der Waals surface area contributed by atoms with E-state index < -0.39 is 17.0 Å². The second-order valence-electron chi connectivity index (χ2n) is 2.66. The second-order valence-corrected chi connectivity index (χ2v) is 3.92. The van der Waals surface area contributed by atoms with Crippen LogP contribution in [-0.2, 0) is 0 Å². The van der Waals surface area contributed by atoms with Crippen LogP contribution in [-0.4, -0.2) is 6.18 Å². The smallest absolute Gasteiger partial charge is 0.207 e. The molecule has 0 saturated carbocycles. The largest absolute Gasteiger partial charge is 0.426 e. The molecule has 0 aromatic heterocycles. The van der Waals surface area contributed by atoms with Crippen LogP contribution >= 0.6 is 27.5 Å². The van der Waals surface area contributed by atoms with E-state index in [-0.39, 0.29) is 10.0 Å². The van der Waals surface area contributed by atoms with Crippen LogP contribution in [0.5, 0.6) is 0 Å². The van der Waals surface area contributed by atoms with Gasteiger partial charge in [0.2, 0.25) is 0 Å². The first kappa shape index (κ1) is 12.5. The zero-order valence-electron chi connectivity index (χ0n) is 7.08. The van der Waals surface area contributed by atoms with Crippen molar-refractivity contribution in [2.24, 2.45) is 0 Å². The van der Waals surface area contributed by atoms with Crippen molar-refractivity contribution in [3.63, 3.8) is 0 Å². The lowest BCUT2D eigenvalue weighted by molar-refractivity contribution is -0.0836. The Hall–Kier alpha value is -0.550. The highest BCUT2D eigenvalue weighted by molar-refractivity contribution is 9.10. The summed E-state index contributed by atoms with van der Waals surface area (Å²) >= 11 is 7.96. The average Bonchev–Trinajstić information content (AvgIpc) is 2.08. The number of allylic oxidation sites excluding steroid dienone is 1. The van der Waals surface area contributed by atoms with E-state index in [1.165, 1.54) is 6.07 Å². The highest BCUT2D eigenvalue weighted by atomic mass is 79.9. The summed E-state index contributed by atoms with van der Waals surface area (Å²) in [5, 5.41) is -1.25. The predicted octanol–water partition coefficient (Wildman–Crippen LogP) is 4.73. The molecular formula is C9H4BrClF4. The molecule has 0 heterocycles. The molecular weight excluding hydrogens is 299 g/mol. The van der Waals surface area contributed by atoms with E-state index in [1.54, 1.807) is 0 Å². The van der Waals surface area contributed by atoms with Crippen LogP contribution in [0.1, 0.15) is 5.56 Å². The number of benzene rings is 1. The molecule has 0 fully saturated rings. The molecule has 0 amide bonds. The van der Waals surface area contributed by atoms with Gasteiger partial charge in [-0.2, -0.15) is 13.2 Å². The summed E-state index contributed by atoms with van der Waals surface area (Å²) in [6, 6.07) is 3.32. The quantitative estimate of drug-likeness (QED) is 0.658. The normalized spacial score (nSPS) is 13.1. The van der Waals surface area contributed by atoms with Crippen molar-refractivity contribution in [1.82, 2.24) is 0 Å². The molecule has 1 aromatic carbocycles. The molecule has 6 heteroatoms. The van der Waals surface area contributed by atoms with Gasteiger partial charge < -0.3 is 0 Å². The second kappa shape index (κ2) is 4.53. The summed E-state index contributed by atoms with van der Waals surface area (Å²) in [5.74, 6) is -0.540. The van der Waals surface area contributed by atoms with Gasteiger partial charge in [0.05, 0.1) is 0 Å². The van der Waals surface area contributed by atoms with Gasteiger partial charge in [-0.3, -0.25) is 0 Å². The maximum absolute atomic E-state index is 12.6. The molecule has 0 radical (unpaired) electrons. The van der Waals surface area contributed by atoms with Crippen LogP contribution in [0.3, 0.4) is 0 Å². The number of hydrogen-bond donors (Lipinski definition) is 0. The van der Waals surface area contributed by atoms with E-state index >= 15 is 0 Å². The molecule has 1 aromatic rings. The summed E-state index contributed by atoms with van der Waals surface area (Å²) in [6.07, 6.45) is -3.86. The molecule has 0 aliphatic heterocycles. The van der Waals surface area contributed by atoms with Crippen molar-refractivity contribution < 1.29 is 17.6 Å². The first-order valence-electron chi connectivity index (χ1n) is 3.70. The zero-order chi connectivity index (χ0) is 11.6. The third-order valence-corrected chi connectivity index (χ3v) is 2.53. The van der Waals surface area contributed by atoms with Gasteiger partial charge in [-0.05, 0) is 23.8 Å². The lowest BCUT2D eigenvalue weighted by Gasteiger charge is -2.05. The Kier molecular flexibility index (Phi) is 3.78. The van der Waals surface area contributed by atoms with E-state index in [1.807, 2.05) is 0 Å². The van der Waals surface area contributed by atoms with Crippen LogP contribution in [0.2, 0.25) is 0 Å². The minimum absolute atomic E-state index is 0.165. The first-order valence-corrected chi connectivity index (χ1v) is 4.87. The van der Waals surface area contributed by atoms with Gasteiger partial charge in [0, 0.05) is 4.47 Å². The molecule has 0 unspecified atom stereocenters. The highest BCUT2D eigenvalue weighted by Crippen LogP contribution is 2.32. The Morgan fingerprint density at radius 3 is 2.40 bits per heavy atom. The standard InChI is InChI=1S/C9H4BrClF4/c10-7-4-6(12)2-1-5(7)3-8(11)9(13,14)15/h1-4H. The van der Waals surface area contributed by atoms with Gasteiger partial charge in [-0.15, -0.1) is 0 Å². The van der Waals surface area contributed by atoms with Crippen molar-refractivity contribution in [3.8, 4) is 0 Å². The van der Waals surface area contributed by atoms with Crippen LogP contribution in [0.25, 0.3) is 6.08 Å². The Bertz CT molecular complexity index is 398. The molecule has 15 heavy (non-hydrogen) atoms. The molecule has 0 nitrogen and oxygen atoms in total. The SMILES string of the molecule is Fc1ccc(C=C(Cl)C(F)(F)F)c(Br)c1. The molecule has 0 saturated heterocycles. The van der Waals surface area contributed by atoms with Crippen molar-refractivity contribution in [2.45, 2.75) is 6.18 Å². The molecule has 0 aliphatic rings. The Balaban J connectivity index is 3.09. The third kappa shape index (κ3) is 3.50. The lowest BCUT2D eigenvalue weighted by Crippen LogP contribution is -2.06. The van der Waals surface area contributed by atoms with E-state index in [0.717, 1.165) is 18.2 Å². The van der Waals surface area contributed by atoms with Crippen molar-refractivity contribution in [1.29, 1.82) is 0 Å². The summed E-state index contributed by atoms with van der Waals surface area (Å²) in [7, 11) is 0. The van der Waals surface area contributed by atoms with Gasteiger partial charge in [0.25, 0.3) is 0 Å². The third-order valence-electron chi connectivity index (χ3n) is 1.52. The topological polar surface area (TPSA) is 0 Å². The van der Waals surface area contributed by atoms with E-state index in [0.29, 0.717) is 0 Å². The van der Waals surface area contributed by atoms with Crippen LogP contribution in [0.15, 0.2) is 27.7 Å². The van der Waals surface area contributed by atoms with Gasteiger partial charge in [-0.1, -0.05) is 33.6 Å². The zero-order valence-corrected chi connectivity index (χ0v) is 9.42. The Morgan fingerprint density at radius 1 is 1.33 bits per heavy atom. The van der Waals surface area contributed by atoms with Crippen molar-refractivity contribution in [3.05, 3.63) is 39.1 Å². The van der Waals surface area contributed by atoms with Crippen molar-refractivity contribution >= 4 is 33.6 Å². The first-order chi connectivity index (χ1) is 6.80. The Labute approximate surface area is 96.7 Å². The number of rotatable bonds is 1. The van der Waals surface area contributed by atoms with Crippen LogP contribution in [0.4, 0.5) is 17.6 Å². The van der Waals surface area contributed by atoms with Gasteiger partial charge in [0.1, 0.15) is 10.8 Å². The number of halogens is 6. The number of hydrogen-bond acceptors (Lipinski definition) is 0. The van der Waals surface area contributed by atoms with Crippen LogP contribution in [0, 0.1) is 5.82 Å². The minimum atomic E-state index is -4.59. The minimum Gasteiger partial charge on any atom is -0.207 e. The van der Waals surface area contributed by atoms with E-state index in [2.05, 4.69) is 15.9 Å². The fourth-order valence-electron chi connectivity index (χ4n) is 0.837. The summed E-state index contributed by atoms with van der Waals surface area (Å²) in [4.78, 5) is 0. The predicted molar refractivity (Wildman–Crippen MR) is 54.0 cm³/mol. The van der Waals surface area contributed by atoms with E-state index in [4.69, 9.17) is 11.6 Å². The van der Waals surface area contributed by atoms with Gasteiger partial charge in [-0.25, -0.2) is 4.39 Å². The fraction of sp³-hybridized carbons (Fsp3) is 0.111. The summed E-state index contributed by atoms with van der Waals surface area (Å²) in [6.45, 7) is 0. The number of alkyl halides is 3. The molecule has 0 aliphatic carbocycles. The maximum Gasteiger partial charge on any atom is 0.426 e. The molecule has 0 bridgehead atoms. The molecule has 0 spiro atoms. The maximum atomic E-state index is 12.6. The fourth-order valence-corrected chi connectivity index (χ4v) is 1.42. The van der Waals surface area contributed by atoms with Crippen molar-refractivity contribution in [2.75, 3.05) is 0 Å². The lowest BCUT2D eigenvalue weighted by atomic mass is 10.2.